The van der Waals surface area contributed by atoms with E-state index in [1.54, 1.807) is 18.3 Å². The molecule has 4 rings (SSSR count). The average molecular weight is 408 g/mol. The SMILES string of the molecule is C[C@@H]1CC[C@@H]2C(=O)N(c3ccc(NCCc4ccccn4)c([N+](=O)[O-])c3)C(=O)[C@@H]2C1. The summed E-state index contributed by atoms with van der Waals surface area (Å²) in [5, 5.41) is 14.7. The van der Waals surface area contributed by atoms with Crippen molar-refractivity contribution < 1.29 is 14.5 Å². The maximum atomic E-state index is 12.9. The molecule has 1 N–H and O–H groups in total. The number of imide groups is 1. The van der Waals surface area contributed by atoms with Gasteiger partial charge in [-0.3, -0.25) is 24.7 Å². The lowest BCUT2D eigenvalue weighted by Crippen LogP contribution is -2.31. The van der Waals surface area contributed by atoms with E-state index in [4.69, 9.17) is 0 Å². The Balaban J connectivity index is 1.53. The van der Waals surface area contributed by atoms with Gasteiger partial charge in [0.1, 0.15) is 5.69 Å². The molecule has 1 saturated heterocycles. The zero-order valence-electron chi connectivity index (χ0n) is 16.8. The number of nitrogens with one attached hydrogen (secondary N) is 1. The first kappa shape index (κ1) is 20.0. The number of amides is 2. The molecule has 1 aliphatic heterocycles. The first-order valence-corrected chi connectivity index (χ1v) is 10.3. The van der Waals surface area contributed by atoms with Crippen LogP contribution in [0.15, 0.2) is 42.6 Å². The Kier molecular flexibility index (Phi) is 5.48. The van der Waals surface area contributed by atoms with Gasteiger partial charge in [0.15, 0.2) is 0 Å². The predicted octanol–water partition coefficient (Wildman–Crippen LogP) is 3.57. The second kappa shape index (κ2) is 8.22. The van der Waals surface area contributed by atoms with Crippen molar-refractivity contribution in [2.45, 2.75) is 32.6 Å². The van der Waals surface area contributed by atoms with E-state index in [1.165, 1.54) is 6.07 Å². The van der Waals surface area contributed by atoms with Crippen molar-refractivity contribution in [2.24, 2.45) is 17.8 Å². The lowest BCUT2D eigenvalue weighted by molar-refractivity contribution is -0.383. The van der Waals surface area contributed by atoms with Gasteiger partial charge < -0.3 is 5.32 Å². The first-order valence-electron chi connectivity index (χ1n) is 10.3. The summed E-state index contributed by atoms with van der Waals surface area (Å²) in [5.74, 6) is -0.674. The van der Waals surface area contributed by atoms with Gasteiger partial charge in [-0.25, -0.2) is 4.90 Å². The van der Waals surface area contributed by atoms with Crippen LogP contribution in [0.4, 0.5) is 17.1 Å². The summed E-state index contributed by atoms with van der Waals surface area (Å²) in [4.78, 5) is 42.3. The molecule has 8 heteroatoms. The van der Waals surface area contributed by atoms with Gasteiger partial charge in [0.2, 0.25) is 11.8 Å². The highest BCUT2D eigenvalue weighted by Crippen LogP contribution is 2.43. The fourth-order valence-corrected chi connectivity index (χ4v) is 4.48. The van der Waals surface area contributed by atoms with E-state index >= 15 is 0 Å². The van der Waals surface area contributed by atoms with E-state index in [1.807, 2.05) is 18.2 Å². The molecule has 2 fully saturated rings. The number of pyridine rings is 1. The third kappa shape index (κ3) is 3.77. The summed E-state index contributed by atoms with van der Waals surface area (Å²) in [6.45, 7) is 2.56. The number of fused-ring (bicyclic) bond motifs is 1. The smallest absolute Gasteiger partial charge is 0.294 e. The number of carbonyl (C=O) groups is 2. The Morgan fingerprint density at radius 3 is 2.70 bits per heavy atom. The Morgan fingerprint density at radius 1 is 1.17 bits per heavy atom. The van der Waals surface area contributed by atoms with Crippen LogP contribution in [0.25, 0.3) is 0 Å². The minimum Gasteiger partial charge on any atom is -0.379 e. The zero-order chi connectivity index (χ0) is 21.3. The van der Waals surface area contributed by atoms with Crippen molar-refractivity contribution in [3.8, 4) is 0 Å². The van der Waals surface area contributed by atoms with Crippen molar-refractivity contribution in [1.82, 2.24) is 4.98 Å². The molecule has 0 spiro atoms. The fraction of sp³-hybridized carbons (Fsp3) is 0.409. The van der Waals surface area contributed by atoms with Gasteiger partial charge in [0.05, 0.1) is 22.4 Å². The summed E-state index contributed by atoms with van der Waals surface area (Å²) in [7, 11) is 0. The zero-order valence-corrected chi connectivity index (χ0v) is 16.8. The Bertz CT molecular complexity index is 978. The maximum Gasteiger partial charge on any atom is 0.294 e. The fourth-order valence-electron chi connectivity index (χ4n) is 4.48. The quantitative estimate of drug-likeness (QED) is 0.445. The summed E-state index contributed by atoms with van der Waals surface area (Å²) >= 11 is 0. The van der Waals surface area contributed by atoms with Crippen LogP contribution in [-0.4, -0.2) is 28.3 Å². The van der Waals surface area contributed by atoms with E-state index < -0.39 is 4.92 Å². The molecule has 2 aliphatic rings. The van der Waals surface area contributed by atoms with Crippen LogP contribution >= 0.6 is 0 Å². The van der Waals surface area contributed by atoms with Gasteiger partial charge in [0, 0.05) is 30.9 Å². The van der Waals surface area contributed by atoms with Crippen LogP contribution in [0.3, 0.4) is 0 Å². The van der Waals surface area contributed by atoms with Crippen LogP contribution in [0, 0.1) is 27.9 Å². The molecular weight excluding hydrogens is 384 g/mol. The molecule has 156 valence electrons. The molecule has 1 aromatic heterocycles. The lowest BCUT2D eigenvalue weighted by atomic mass is 9.76. The Hall–Kier alpha value is -3.29. The van der Waals surface area contributed by atoms with Crippen molar-refractivity contribution in [3.05, 3.63) is 58.4 Å². The van der Waals surface area contributed by atoms with Gasteiger partial charge in [-0.05, 0) is 49.4 Å². The third-order valence-electron chi connectivity index (χ3n) is 6.05. The molecule has 2 heterocycles. The largest absolute Gasteiger partial charge is 0.379 e. The third-order valence-corrected chi connectivity index (χ3v) is 6.05. The van der Waals surface area contributed by atoms with Crippen molar-refractivity contribution in [2.75, 3.05) is 16.8 Å². The minimum absolute atomic E-state index is 0.155. The Labute approximate surface area is 174 Å². The van der Waals surface area contributed by atoms with E-state index in [9.17, 15) is 19.7 Å². The molecule has 8 nitrogen and oxygen atoms in total. The van der Waals surface area contributed by atoms with Crippen LogP contribution < -0.4 is 10.2 Å². The number of hydrogen-bond acceptors (Lipinski definition) is 6. The van der Waals surface area contributed by atoms with Crippen LogP contribution in [0.1, 0.15) is 31.9 Å². The molecule has 1 saturated carbocycles. The number of aromatic nitrogens is 1. The van der Waals surface area contributed by atoms with Crippen LogP contribution in [0.5, 0.6) is 0 Å². The number of nitrogens with zero attached hydrogens (tertiary/aromatic N) is 3. The number of nitro groups is 1. The molecule has 0 bridgehead atoms. The molecule has 2 aromatic rings. The second-order valence-corrected chi connectivity index (χ2v) is 8.10. The molecular formula is C22H24N4O4. The van der Waals surface area contributed by atoms with Gasteiger partial charge in [0.25, 0.3) is 5.69 Å². The Morgan fingerprint density at radius 2 is 1.97 bits per heavy atom. The molecule has 0 radical (unpaired) electrons. The summed E-state index contributed by atoms with van der Waals surface area (Å²) < 4.78 is 0. The van der Waals surface area contributed by atoms with E-state index in [2.05, 4.69) is 17.2 Å². The summed E-state index contributed by atoms with van der Waals surface area (Å²) in [6.07, 6.45) is 4.63. The van der Waals surface area contributed by atoms with Gasteiger partial charge in [-0.15, -0.1) is 0 Å². The highest BCUT2D eigenvalue weighted by Gasteiger charge is 2.50. The maximum absolute atomic E-state index is 12.9. The number of carbonyl (C=O) groups excluding carboxylic acids is 2. The minimum atomic E-state index is -0.493. The summed E-state index contributed by atoms with van der Waals surface area (Å²) in [6, 6.07) is 10.1. The second-order valence-electron chi connectivity index (χ2n) is 8.10. The highest BCUT2D eigenvalue weighted by atomic mass is 16.6. The molecule has 30 heavy (non-hydrogen) atoms. The van der Waals surface area contributed by atoms with Gasteiger partial charge in [-0.1, -0.05) is 13.0 Å². The van der Waals surface area contributed by atoms with E-state index in [0.717, 1.165) is 17.0 Å². The van der Waals surface area contributed by atoms with Crippen LogP contribution in [0.2, 0.25) is 0 Å². The predicted molar refractivity (Wildman–Crippen MR) is 112 cm³/mol. The van der Waals surface area contributed by atoms with Gasteiger partial charge in [-0.2, -0.15) is 0 Å². The number of nitro benzene ring substituents is 1. The standard InChI is InChI=1S/C22H24N4O4/c1-14-5-7-17-18(12-14)22(28)25(21(17)27)16-6-8-19(20(13-16)26(29)30)24-11-9-15-4-2-3-10-23-15/h2-4,6,8,10,13-14,17-18,24H,5,7,9,11-12H2,1H3/t14-,17+,18-/m1/s1. The molecule has 1 aromatic carbocycles. The number of benzene rings is 1. The highest BCUT2D eigenvalue weighted by molar-refractivity contribution is 6.22. The first-order chi connectivity index (χ1) is 14.5. The summed E-state index contributed by atoms with van der Waals surface area (Å²) in [5.41, 5.74) is 1.35. The molecule has 3 atom stereocenters. The van der Waals surface area contributed by atoms with Crippen molar-refractivity contribution in [3.63, 3.8) is 0 Å². The number of rotatable bonds is 6. The molecule has 0 unspecified atom stereocenters. The average Bonchev–Trinajstić information content (AvgIpc) is 2.98. The number of hydrogen-bond donors (Lipinski definition) is 1. The number of anilines is 2. The lowest BCUT2D eigenvalue weighted by Gasteiger charge is -2.25. The monoisotopic (exact) mass is 408 g/mol. The van der Waals surface area contributed by atoms with Gasteiger partial charge >= 0.3 is 0 Å². The molecule has 1 aliphatic carbocycles. The van der Waals surface area contributed by atoms with Crippen molar-refractivity contribution >= 4 is 28.9 Å². The molecule has 2 amide bonds. The normalized spacial score (nSPS) is 23.4. The van der Waals surface area contributed by atoms with E-state index in [0.29, 0.717) is 37.4 Å². The van der Waals surface area contributed by atoms with Crippen molar-refractivity contribution in [1.29, 1.82) is 0 Å². The van der Waals surface area contributed by atoms with Crippen LogP contribution in [-0.2, 0) is 16.0 Å². The van der Waals surface area contributed by atoms with E-state index in [-0.39, 0.29) is 35.0 Å². The topological polar surface area (TPSA) is 105 Å².